The molecular weight excluding hydrogens is 338 g/mol. The number of rotatable bonds is 6. The third kappa shape index (κ3) is 4.86. The molecule has 2 N–H and O–H groups in total. The van der Waals surface area contributed by atoms with E-state index in [1.807, 2.05) is 12.1 Å². The predicted octanol–water partition coefficient (Wildman–Crippen LogP) is 3.85. The fourth-order valence-electron chi connectivity index (χ4n) is 3.34. The predicted molar refractivity (Wildman–Crippen MR) is 98.2 cm³/mol. The summed E-state index contributed by atoms with van der Waals surface area (Å²) in [7, 11) is 0. The minimum Gasteiger partial charge on any atom is -0.493 e. The molecule has 1 aliphatic heterocycles. The molecule has 2 fully saturated rings. The van der Waals surface area contributed by atoms with E-state index in [1.54, 1.807) is 12.1 Å². The van der Waals surface area contributed by atoms with Crippen LogP contribution in [-0.2, 0) is 11.4 Å². The highest BCUT2D eigenvalue weighted by Crippen LogP contribution is 2.29. The van der Waals surface area contributed by atoms with Crippen LogP contribution in [0.1, 0.15) is 49.7 Å². The molecule has 6 heteroatoms. The lowest BCUT2D eigenvalue weighted by Gasteiger charge is -2.21. The first-order chi connectivity index (χ1) is 12.2. The Labute approximate surface area is 151 Å². The van der Waals surface area contributed by atoms with Gasteiger partial charge in [0.1, 0.15) is 5.75 Å². The number of nitrogens with one attached hydrogen (secondary N) is 1. The molecule has 2 amide bonds. The summed E-state index contributed by atoms with van der Waals surface area (Å²) < 4.78 is 5.87. The minimum absolute atomic E-state index is 0.131. The van der Waals surface area contributed by atoms with Crippen LogP contribution in [0.2, 0.25) is 0 Å². The third-order valence-corrected chi connectivity index (χ3v) is 5.51. The summed E-state index contributed by atoms with van der Waals surface area (Å²) in [5.41, 5.74) is 1.45. The second-order valence-corrected chi connectivity index (χ2v) is 7.53. The van der Waals surface area contributed by atoms with Crippen molar-refractivity contribution in [3.63, 3.8) is 0 Å². The minimum atomic E-state index is -0.381. The molecule has 1 aromatic carbocycles. The van der Waals surface area contributed by atoms with Crippen molar-refractivity contribution in [2.45, 2.75) is 45.1 Å². The van der Waals surface area contributed by atoms with Crippen LogP contribution in [0.25, 0.3) is 6.08 Å². The normalized spacial score (nSPS) is 20.1. The number of carbonyl (C=O) groups is 2. The Bertz CT molecular complexity index is 680. The summed E-state index contributed by atoms with van der Waals surface area (Å²) in [5.74, 6) is 1.05. The van der Waals surface area contributed by atoms with Crippen molar-refractivity contribution in [1.82, 2.24) is 5.32 Å². The van der Waals surface area contributed by atoms with Crippen LogP contribution in [0.3, 0.4) is 0 Å². The zero-order chi connectivity index (χ0) is 17.6. The number of thioether (sulfide) groups is 1. The Kier molecular flexibility index (Phi) is 6.15. The van der Waals surface area contributed by atoms with Gasteiger partial charge in [-0.05, 0) is 47.9 Å². The lowest BCUT2D eigenvalue weighted by molar-refractivity contribution is -0.115. The molecule has 1 saturated heterocycles. The summed E-state index contributed by atoms with van der Waals surface area (Å²) in [6, 6.07) is 5.44. The van der Waals surface area contributed by atoms with Gasteiger partial charge in [0.05, 0.1) is 18.1 Å². The van der Waals surface area contributed by atoms with Crippen LogP contribution in [0, 0.1) is 5.92 Å². The molecule has 1 aliphatic carbocycles. The molecule has 0 radical (unpaired) electrons. The van der Waals surface area contributed by atoms with Crippen LogP contribution < -0.4 is 10.1 Å². The van der Waals surface area contributed by atoms with Crippen molar-refractivity contribution in [2.24, 2.45) is 5.92 Å². The van der Waals surface area contributed by atoms with Gasteiger partial charge in [0, 0.05) is 5.56 Å². The monoisotopic (exact) mass is 361 g/mol. The van der Waals surface area contributed by atoms with Crippen LogP contribution in [-0.4, -0.2) is 22.9 Å². The molecule has 1 heterocycles. The van der Waals surface area contributed by atoms with Crippen molar-refractivity contribution in [3.05, 3.63) is 34.2 Å². The van der Waals surface area contributed by atoms with E-state index in [9.17, 15) is 14.7 Å². The SMILES string of the molecule is O=C1NC(=O)/C(=C/c2ccc(OCCC3CCCCC3)c(CO)c2)S1. The third-order valence-electron chi connectivity index (χ3n) is 4.70. The first-order valence-electron chi connectivity index (χ1n) is 8.77. The average molecular weight is 361 g/mol. The maximum absolute atomic E-state index is 11.6. The number of aliphatic hydroxyl groups is 1. The average Bonchev–Trinajstić information content (AvgIpc) is 2.94. The molecule has 25 heavy (non-hydrogen) atoms. The van der Waals surface area contributed by atoms with E-state index >= 15 is 0 Å². The van der Waals surface area contributed by atoms with Gasteiger partial charge in [0.2, 0.25) is 0 Å². The largest absolute Gasteiger partial charge is 0.493 e. The fourth-order valence-corrected chi connectivity index (χ4v) is 4.02. The Hall–Kier alpha value is -1.79. The second-order valence-electron chi connectivity index (χ2n) is 6.52. The van der Waals surface area contributed by atoms with Gasteiger partial charge in [0.25, 0.3) is 11.1 Å². The Morgan fingerprint density at radius 2 is 2.04 bits per heavy atom. The van der Waals surface area contributed by atoms with E-state index in [4.69, 9.17) is 4.74 Å². The maximum atomic E-state index is 11.6. The maximum Gasteiger partial charge on any atom is 0.290 e. The zero-order valence-corrected chi connectivity index (χ0v) is 14.9. The number of imide groups is 1. The van der Waals surface area contributed by atoms with Crippen molar-refractivity contribution in [2.75, 3.05) is 6.61 Å². The summed E-state index contributed by atoms with van der Waals surface area (Å²) in [6.07, 6.45) is 9.28. The first kappa shape index (κ1) is 18.0. The highest BCUT2D eigenvalue weighted by molar-refractivity contribution is 8.18. The number of ether oxygens (including phenoxy) is 1. The van der Waals surface area contributed by atoms with Crippen LogP contribution in [0.15, 0.2) is 23.1 Å². The topological polar surface area (TPSA) is 75.6 Å². The molecule has 2 aliphatic rings. The molecule has 3 rings (SSSR count). The molecule has 0 spiro atoms. The summed E-state index contributed by atoms with van der Waals surface area (Å²) in [5, 5.41) is 11.5. The number of hydrogen-bond donors (Lipinski definition) is 2. The highest BCUT2D eigenvalue weighted by Gasteiger charge is 2.25. The van der Waals surface area contributed by atoms with Gasteiger partial charge in [-0.25, -0.2) is 0 Å². The van der Waals surface area contributed by atoms with Gasteiger partial charge in [-0.2, -0.15) is 0 Å². The fraction of sp³-hybridized carbons (Fsp3) is 0.474. The Balaban J connectivity index is 1.62. The van der Waals surface area contributed by atoms with Crippen molar-refractivity contribution >= 4 is 29.0 Å². The van der Waals surface area contributed by atoms with Gasteiger partial charge < -0.3 is 9.84 Å². The van der Waals surface area contributed by atoms with Gasteiger partial charge in [-0.3, -0.25) is 14.9 Å². The number of amides is 2. The molecule has 134 valence electrons. The Morgan fingerprint density at radius 1 is 1.24 bits per heavy atom. The molecule has 0 aromatic heterocycles. The molecule has 1 aromatic rings. The first-order valence-corrected chi connectivity index (χ1v) is 9.59. The van der Waals surface area contributed by atoms with Crippen molar-refractivity contribution in [1.29, 1.82) is 0 Å². The second kappa shape index (κ2) is 8.54. The molecule has 0 unspecified atom stereocenters. The smallest absolute Gasteiger partial charge is 0.290 e. The highest BCUT2D eigenvalue weighted by atomic mass is 32.2. The number of benzene rings is 1. The lowest BCUT2D eigenvalue weighted by Crippen LogP contribution is -2.17. The van der Waals surface area contributed by atoms with E-state index in [0.717, 1.165) is 29.7 Å². The van der Waals surface area contributed by atoms with Gasteiger partial charge >= 0.3 is 0 Å². The summed E-state index contributed by atoms with van der Waals surface area (Å²) in [6.45, 7) is 0.527. The van der Waals surface area contributed by atoms with E-state index < -0.39 is 0 Å². The summed E-state index contributed by atoms with van der Waals surface area (Å²) in [4.78, 5) is 23.2. The molecule has 5 nitrogen and oxygen atoms in total. The number of aliphatic hydroxyl groups excluding tert-OH is 1. The number of carbonyl (C=O) groups excluding carboxylic acids is 2. The summed E-state index contributed by atoms with van der Waals surface area (Å²) >= 11 is 0.884. The van der Waals surface area contributed by atoms with Crippen LogP contribution >= 0.6 is 11.8 Å². The van der Waals surface area contributed by atoms with Crippen molar-refractivity contribution < 1.29 is 19.4 Å². The molecule has 0 atom stereocenters. The van der Waals surface area contributed by atoms with Crippen molar-refractivity contribution in [3.8, 4) is 5.75 Å². The standard InChI is InChI=1S/C19H23NO4S/c21-12-15-10-14(11-17-18(22)20-19(23)25-17)6-7-16(15)24-9-8-13-4-2-1-3-5-13/h6-7,10-11,13,21H,1-5,8-9,12H2,(H,20,22,23)/b17-11-. The van der Waals surface area contributed by atoms with E-state index in [-0.39, 0.29) is 17.8 Å². The zero-order valence-electron chi connectivity index (χ0n) is 14.1. The van der Waals surface area contributed by atoms with E-state index in [0.29, 0.717) is 22.8 Å². The van der Waals surface area contributed by atoms with Gasteiger partial charge in [-0.1, -0.05) is 38.2 Å². The van der Waals surface area contributed by atoms with E-state index in [1.165, 1.54) is 32.1 Å². The van der Waals surface area contributed by atoms with Crippen LogP contribution in [0.5, 0.6) is 5.75 Å². The van der Waals surface area contributed by atoms with Crippen LogP contribution in [0.4, 0.5) is 4.79 Å². The quantitative estimate of drug-likeness (QED) is 0.753. The Morgan fingerprint density at radius 3 is 2.72 bits per heavy atom. The molecule has 1 saturated carbocycles. The van der Waals surface area contributed by atoms with Gasteiger partial charge in [0.15, 0.2) is 0 Å². The van der Waals surface area contributed by atoms with E-state index in [2.05, 4.69) is 5.32 Å². The van der Waals surface area contributed by atoms with Gasteiger partial charge in [-0.15, -0.1) is 0 Å². The molecular formula is C19H23NO4S. The number of hydrogen-bond acceptors (Lipinski definition) is 5. The lowest BCUT2D eigenvalue weighted by atomic mass is 9.87. The molecule has 0 bridgehead atoms.